The summed E-state index contributed by atoms with van der Waals surface area (Å²) >= 11 is 0. The lowest BCUT2D eigenvalue weighted by atomic mass is 10.3. The maximum atomic E-state index is 11.6. The van der Waals surface area contributed by atoms with Crippen molar-refractivity contribution in [1.82, 2.24) is 15.0 Å². The van der Waals surface area contributed by atoms with Crippen LogP contribution in [-0.2, 0) is 20.2 Å². The highest BCUT2D eigenvalue weighted by Gasteiger charge is 2.21. The van der Waals surface area contributed by atoms with Crippen LogP contribution in [0, 0.1) is 0 Å². The molecule has 0 aliphatic heterocycles. The van der Waals surface area contributed by atoms with Crippen LogP contribution in [0.2, 0.25) is 0 Å². The van der Waals surface area contributed by atoms with Crippen molar-refractivity contribution in [1.29, 1.82) is 0 Å². The monoisotopic (exact) mass is 448 g/mol. The van der Waals surface area contributed by atoms with Crippen LogP contribution in [0.15, 0.2) is 28.0 Å². The van der Waals surface area contributed by atoms with Crippen LogP contribution < -0.4 is 27.4 Å². The summed E-state index contributed by atoms with van der Waals surface area (Å²) in [5, 5.41) is 8.14. The summed E-state index contributed by atoms with van der Waals surface area (Å²) in [6.07, 6.45) is 0. The molecule has 2 aromatic rings. The second-order valence-electron chi connectivity index (χ2n) is 5.47. The average molecular weight is 448 g/mol. The SMILES string of the molecule is NCCNc1nc(NCCN)nc(Nc2cc(S(=O)(=O)O)ccc2S(=O)(=O)O)n1. The molecule has 0 unspecified atom stereocenters. The van der Waals surface area contributed by atoms with Crippen LogP contribution in [-0.4, -0.2) is 67.1 Å². The van der Waals surface area contributed by atoms with Crippen molar-refractivity contribution in [3.05, 3.63) is 18.2 Å². The first-order valence-electron chi connectivity index (χ1n) is 8.04. The van der Waals surface area contributed by atoms with E-state index in [9.17, 15) is 25.9 Å². The fraction of sp³-hybridized carbons (Fsp3) is 0.308. The first-order valence-corrected chi connectivity index (χ1v) is 10.9. The van der Waals surface area contributed by atoms with E-state index in [1.807, 2.05) is 0 Å². The quantitative estimate of drug-likeness (QED) is 0.212. The number of hydrogen-bond acceptors (Lipinski definition) is 12. The molecule has 0 saturated carbocycles. The molecule has 1 aromatic carbocycles. The number of anilines is 4. The van der Waals surface area contributed by atoms with Crippen molar-refractivity contribution < 1.29 is 25.9 Å². The molecule has 0 aliphatic carbocycles. The summed E-state index contributed by atoms with van der Waals surface area (Å²) in [5.74, 6) is -0.00458. The fourth-order valence-electron chi connectivity index (χ4n) is 2.07. The number of nitrogens with zero attached hydrogens (tertiary/aromatic N) is 3. The lowest BCUT2D eigenvalue weighted by Gasteiger charge is -2.13. The van der Waals surface area contributed by atoms with Crippen molar-refractivity contribution in [2.75, 3.05) is 42.1 Å². The molecule has 1 heterocycles. The number of aromatic nitrogens is 3. The minimum Gasteiger partial charge on any atom is -0.353 e. The van der Waals surface area contributed by atoms with Gasteiger partial charge in [-0.25, -0.2) is 0 Å². The van der Waals surface area contributed by atoms with E-state index >= 15 is 0 Å². The van der Waals surface area contributed by atoms with Crippen molar-refractivity contribution >= 4 is 43.8 Å². The molecule has 0 saturated heterocycles. The Morgan fingerprint density at radius 2 is 1.34 bits per heavy atom. The van der Waals surface area contributed by atoms with Gasteiger partial charge in [0.2, 0.25) is 17.8 Å². The van der Waals surface area contributed by atoms with E-state index in [-0.39, 0.29) is 36.6 Å². The Balaban J connectivity index is 2.52. The van der Waals surface area contributed by atoms with Crippen molar-refractivity contribution in [3.8, 4) is 0 Å². The lowest BCUT2D eigenvalue weighted by Crippen LogP contribution is -2.19. The van der Waals surface area contributed by atoms with Gasteiger partial charge in [-0.15, -0.1) is 0 Å². The summed E-state index contributed by atoms with van der Waals surface area (Å²) in [4.78, 5) is 10.9. The van der Waals surface area contributed by atoms with E-state index in [1.54, 1.807) is 0 Å². The van der Waals surface area contributed by atoms with E-state index in [0.29, 0.717) is 13.1 Å². The second-order valence-corrected chi connectivity index (χ2v) is 8.28. The van der Waals surface area contributed by atoms with Crippen LogP contribution in [0.1, 0.15) is 0 Å². The van der Waals surface area contributed by atoms with Crippen LogP contribution in [0.3, 0.4) is 0 Å². The summed E-state index contributed by atoms with van der Waals surface area (Å²) in [5.41, 5.74) is 10.5. The highest BCUT2D eigenvalue weighted by atomic mass is 32.2. The summed E-state index contributed by atoms with van der Waals surface area (Å²) in [6, 6.07) is 2.44. The van der Waals surface area contributed by atoms with Crippen molar-refractivity contribution in [2.24, 2.45) is 11.5 Å². The topological polar surface area (TPSA) is 236 Å². The molecule has 160 valence electrons. The second kappa shape index (κ2) is 9.25. The van der Waals surface area contributed by atoms with Gasteiger partial charge in [-0.1, -0.05) is 0 Å². The number of nitrogens with two attached hydrogens (primary N) is 2. The molecule has 29 heavy (non-hydrogen) atoms. The lowest BCUT2D eigenvalue weighted by molar-refractivity contribution is 0.479. The highest BCUT2D eigenvalue weighted by molar-refractivity contribution is 7.86. The normalized spacial score (nSPS) is 11.9. The van der Waals surface area contributed by atoms with Gasteiger partial charge >= 0.3 is 0 Å². The van der Waals surface area contributed by atoms with Gasteiger partial charge in [-0.05, 0) is 18.2 Å². The Labute approximate surface area is 166 Å². The van der Waals surface area contributed by atoms with Gasteiger partial charge < -0.3 is 27.4 Å². The van der Waals surface area contributed by atoms with E-state index in [0.717, 1.165) is 18.2 Å². The molecule has 9 N–H and O–H groups in total. The molecule has 1 aromatic heterocycles. The maximum absolute atomic E-state index is 11.6. The molecule has 0 amide bonds. The molecule has 0 radical (unpaired) electrons. The van der Waals surface area contributed by atoms with Crippen LogP contribution in [0.5, 0.6) is 0 Å². The molecule has 0 atom stereocenters. The summed E-state index contributed by atoms with van der Waals surface area (Å²) in [6.45, 7) is 1.22. The molecule has 0 bridgehead atoms. The minimum absolute atomic E-state index is 0.0896. The molecule has 0 aliphatic rings. The van der Waals surface area contributed by atoms with E-state index < -0.39 is 30.0 Å². The highest BCUT2D eigenvalue weighted by Crippen LogP contribution is 2.27. The predicted octanol–water partition coefficient (Wildman–Crippen LogP) is -1.15. The number of benzene rings is 1. The smallest absolute Gasteiger partial charge is 0.296 e. The average Bonchev–Trinajstić information content (AvgIpc) is 2.63. The van der Waals surface area contributed by atoms with E-state index in [4.69, 9.17) is 11.5 Å². The predicted molar refractivity (Wildman–Crippen MR) is 104 cm³/mol. The number of hydrogen-bond donors (Lipinski definition) is 7. The van der Waals surface area contributed by atoms with Gasteiger partial charge in [-0.3, -0.25) is 9.11 Å². The molecule has 16 heteroatoms. The summed E-state index contributed by atoms with van der Waals surface area (Å²) < 4.78 is 64.6. The van der Waals surface area contributed by atoms with Crippen molar-refractivity contribution in [2.45, 2.75) is 9.79 Å². The van der Waals surface area contributed by atoms with Crippen LogP contribution in [0.4, 0.5) is 23.5 Å². The van der Waals surface area contributed by atoms with Gasteiger partial charge in [0, 0.05) is 26.2 Å². The molecular weight excluding hydrogens is 428 g/mol. The Morgan fingerprint density at radius 3 is 1.79 bits per heavy atom. The fourth-order valence-corrected chi connectivity index (χ4v) is 3.21. The zero-order chi connectivity index (χ0) is 21.7. The molecule has 0 fully saturated rings. The minimum atomic E-state index is -4.74. The zero-order valence-electron chi connectivity index (χ0n) is 14.9. The maximum Gasteiger partial charge on any atom is 0.296 e. The van der Waals surface area contributed by atoms with E-state index in [1.165, 1.54) is 0 Å². The van der Waals surface area contributed by atoms with Gasteiger partial charge in [0.25, 0.3) is 20.2 Å². The van der Waals surface area contributed by atoms with Crippen molar-refractivity contribution in [3.63, 3.8) is 0 Å². The first-order chi connectivity index (χ1) is 13.5. The Bertz CT molecular complexity index is 1050. The standard InChI is InChI=1S/C13H20N8O6S2/c14-3-5-16-11-19-12(17-6-4-15)21-13(20-11)18-9-7-8(28(22,23)24)1-2-10(9)29(25,26)27/h1-2,7H,3-6,14-15H2,(H,22,23,24)(H,25,26,27)(H3,16,17,18,19,20,21). The molecule has 14 nitrogen and oxygen atoms in total. The number of rotatable bonds is 10. The Morgan fingerprint density at radius 1 is 0.828 bits per heavy atom. The zero-order valence-corrected chi connectivity index (χ0v) is 16.5. The Hall–Kier alpha value is -2.63. The first kappa shape index (κ1) is 22.7. The van der Waals surface area contributed by atoms with Crippen LogP contribution >= 0.6 is 0 Å². The molecule has 2 rings (SSSR count). The third kappa shape index (κ3) is 6.44. The third-order valence-electron chi connectivity index (χ3n) is 3.26. The molecule has 0 spiro atoms. The van der Waals surface area contributed by atoms with Gasteiger partial charge in [0.1, 0.15) is 4.90 Å². The van der Waals surface area contributed by atoms with Gasteiger partial charge in [0.15, 0.2) is 0 Å². The largest absolute Gasteiger partial charge is 0.353 e. The Kier molecular flexibility index (Phi) is 7.22. The summed E-state index contributed by atoms with van der Waals surface area (Å²) in [7, 11) is -9.38. The van der Waals surface area contributed by atoms with Gasteiger partial charge in [0.05, 0.1) is 10.6 Å². The third-order valence-corrected chi connectivity index (χ3v) is 5.03. The molecular formula is C13H20N8O6S2. The van der Waals surface area contributed by atoms with Gasteiger partial charge in [-0.2, -0.15) is 31.8 Å². The number of nitrogens with one attached hydrogen (secondary N) is 3. The van der Waals surface area contributed by atoms with E-state index in [2.05, 4.69) is 30.9 Å². The van der Waals surface area contributed by atoms with Crippen LogP contribution in [0.25, 0.3) is 0 Å².